The number of nitrogens with zero attached hydrogens (tertiary/aromatic N) is 2. The van der Waals surface area contributed by atoms with Crippen LogP contribution in [0.15, 0.2) is 77.3 Å². The van der Waals surface area contributed by atoms with Crippen molar-refractivity contribution >= 4 is 11.6 Å². The Hall–Kier alpha value is -4.13. The van der Waals surface area contributed by atoms with Crippen LogP contribution in [0.5, 0.6) is 11.5 Å². The molecule has 32 heavy (non-hydrogen) atoms. The van der Waals surface area contributed by atoms with Crippen LogP contribution in [0.25, 0.3) is 22.8 Å². The van der Waals surface area contributed by atoms with E-state index in [0.717, 1.165) is 28.2 Å². The van der Waals surface area contributed by atoms with E-state index in [1.807, 2.05) is 79.7 Å². The van der Waals surface area contributed by atoms with Crippen LogP contribution >= 0.6 is 0 Å². The SMILES string of the molecule is CCOc1ccc(-c2nc(-c3cccc(NC(=O)Cc4ccc(OC)cc4)c3)no2)cc1. The van der Waals surface area contributed by atoms with Crippen molar-refractivity contribution in [3.8, 4) is 34.3 Å². The molecule has 0 aliphatic rings. The molecule has 0 aliphatic carbocycles. The standard InChI is InChI=1S/C25H23N3O4/c1-3-31-22-13-9-18(10-14-22)25-27-24(28-32-25)19-5-4-6-20(16-19)26-23(29)15-17-7-11-21(30-2)12-8-17/h4-14,16H,3,15H2,1-2H3,(H,26,29). The molecule has 3 aromatic carbocycles. The Morgan fingerprint density at radius 1 is 0.969 bits per heavy atom. The molecule has 4 aromatic rings. The van der Waals surface area contributed by atoms with Crippen LogP contribution in [-0.2, 0) is 11.2 Å². The van der Waals surface area contributed by atoms with Gasteiger partial charge in [0.25, 0.3) is 5.89 Å². The molecule has 0 spiro atoms. The first kappa shape index (κ1) is 21.1. The quantitative estimate of drug-likeness (QED) is 0.425. The number of benzene rings is 3. The first-order valence-electron chi connectivity index (χ1n) is 10.2. The van der Waals surface area contributed by atoms with Gasteiger partial charge in [-0.1, -0.05) is 29.4 Å². The highest BCUT2D eigenvalue weighted by molar-refractivity contribution is 5.92. The van der Waals surface area contributed by atoms with Gasteiger partial charge in [-0.2, -0.15) is 4.98 Å². The van der Waals surface area contributed by atoms with E-state index in [0.29, 0.717) is 24.0 Å². The lowest BCUT2D eigenvalue weighted by molar-refractivity contribution is -0.115. The van der Waals surface area contributed by atoms with Crippen molar-refractivity contribution in [3.05, 3.63) is 78.4 Å². The lowest BCUT2D eigenvalue weighted by Crippen LogP contribution is -2.14. The second-order valence-corrected chi connectivity index (χ2v) is 7.03. The number of amides is 1. The second-order valence-electron chi connectivity index (χ2n) is 7.03. The summed E-state index contributed by atoms with van der Waals surface area (Å²) >= 11 is 0. The number of carbonyl (C=O) groups is 1. The minimum Gasteiger partial charge on any atom is -0.497 e. The van der Waals surface area contributed by atoms with E-state index < -0.39 is 0 Å². The van der Waals surface area contributed by atoms with Gasteiger partial charge in [0.15, 0.2) is 0 Å². The first-order valence-corrected chi connectivity index (χ1v) is 10.2. The van der Waals surface area contributed by atoms with Gasteiger partial charge >= 0.3 is 0 Å². The third kappa shape index (κ3) is 5.13. The average Bonchev–Trinajstić information content (AvgIpc) is 3.31. The van der Waals surface area contributed by atoms with E-state index >= 15 is 0 Å². The van der Waals surface area contributed by atoms with Crippen LogP contribution in [0.4, 0.5) is 5.69 Å². The van der Waals surface area contributed by atoms with Gasteiger partial charge in [0.05, 0.1) is 20.1 Å². The van der Waals surface area contributed by atoms with E-state index in [2.05, 4.69) is 15.5 Å². The van der Waals surface area contributed by atoms with Crippen molar-refractivity contribution in [2.75, 3.05) is 19.0 Å². The molecule has 0 atom stereocenters. The average molecular weight is 429 g/mol. The van der Waals surface area contributed by atoms with Crippen LogP contribution in [-0.4, -0.2) is 29.8 Å². The molecule has 4 rings (SSSR count). The molecule has 0 bridgehead atoms. The van der Waals surface area contributed by atoms with Gasteiger partial charge < -0.3 is 19.3 Å². The van der Waals surface area contributed by atoms with E-state index in [1.54, 1.807) is 7.11 Å². The number of aromatic nitrogens is 2. The van der Waals surface area contributed by atoms with Gasteiger partial charge in [-0.25, -0.2) is 0 Å². The molecule has 0 radical (unpaired) electrons. The van der Waals surface area contributed by atoms with Gasteiger partial charge in [0, 0.05) is 16.8 Å². The number of hydrogen-bond donors (Lipinski definition) is 1. The van der Waals surface area contributed by atoms with Gasteiger partial charge in [0.1, 0.15) is 11.5 Å². The Morgan fingerprint density at radius 3 is 2.44 bits per heavy atom. The number of ether oxygens (including phenoxy) is 2. The highest BCUT2D eigenvalue weighted by Crippen LogP contribution is 2.25. The Bertz CT molecular complexity index is 1180. The van der Waals surface area contributed by atoms with Crippen molar-refractivity contribution in [2.45, 2.75) is 13.3 Å². The predicted molar refractivity (Wildman–Crippen MR) is 122 cm³/mol. The van der Waals surface area contributed by atoms with Crippen LogP contribution in [0.3, 0.4) is 0 Å². The van der Waals surface area contributed by atoms with Crippen LogP contribution in [0.2, 0.25) is 0 Å². The minimum atomic E-state index is -0.115. The van der Waals surface area contributed by atoms with Gasteiger partial charge in [-0.15, -0.1) is 0 Å². The zero-order valence-corrected chi connectivity index (χ0v) is 17.9. The predicted octanol–water partition coefficient (Wildman–Crippen LogP) is 4.99. The minimum absolute atomic E-state index is 0.115. The smallest absolute Gasteiger partial charge is 0.258 e. The zero-order chi connectivity index (χ0) is 22.3. The highest BCUT2D eigenvalue weighted by atomic mass is 16.5. The summed E-state index contributed by atoms with van der Waals surface area (Å²) in [5.74, 6) is 2.29. The summed E-state index contributed by atoms with van der Waals surface area (Å²) in [4.78, 5) is 16.9. The maximum Gasteiger partial charge on any atom is 0.258 e. The van der Waals surface area contributed by atoms with Crippen LogP contribution < -0.4 is 14.8 Å². The van der Waals surface area contributed by atoms with E-state index in [-0.39, 0.29) is 12.3 Å². The third-order valence-corrected chi connectivity index (χ3v) is 4.77. The lowest BCUT2D eigenvalue weighted by atomic mass is 10.1. The van der Waals surface area contributed by atoms with E-state index in [1.165, 1.54) is 0 Å². The summed E-state index contributed by atoms with van der Waals surface area (Å²) in [5.41, 5.74) is 3.11. The Morgan fingerprint density at radius 2 is 1.72 bits per heavy atom. The number of carbonyl (C=O) groups excluding carboxylic acids is 1. The largest absolute Gasteiger partial charge is 0.497 e. The summed E-state index contributed by atoms with van der Waals surface area (Å²) in [6.45, 7) is 2.55. The fourth-order valence-corrected chi connectivity index (χ4v) is 3.19. The first-order chi connectivity index (χ1) is 15.6. The summed E-state index contributed by atoms with van der Waals surface area (Å²) in [7, 11) is 1.61. The maximum absolute atomic E-state index is 12.4. The third-order valence-electron chi connectivity index (χ3n) is 4.77. The number of anilines is 1. The Labute approximate surface area is 186 Å². The second kappa shape index (κ2) is 9.78. The molecule has 7 heteroatoms. The lowest BCUT2D eigenvalue weighted by Gasteiger charge is -2.07. The van der Waals surface area contributed by atoms with Crippen LogP contribution in [0, 0.1) is 0 Å². The summed E-state index contributed by atoms with van der Waals surface area (Å²) in [5, 5.41) is 7.00. The van der Waals surface area contributed by atoms with E-state index in [9.17, 15) is 4.79 Å². The monoisotopic (exact) mass is 429 g/mol. The maximum atomic E-state index is 12.4. The molecule has 162 valence electrons. The number of hydrogen-bond acceptors (Lipinski definition) is 6. The molecule has 1 aromatic heterocycles. The summed E-state index contributed by atoms with van der Waals surface area (Å²) in [6.07, 6.45) is 0.262. The summed E-state index contributed by atoms with van der Waals surface area (Å²) < 4.78 is 16.0. The van der Waals surface area contributed by atoms with Gasteiger partial charge in [-0.05, 0) is 61.0 Å². The molecule has 0 saturated carbocycles. The fourth-order valence-electron chi connectivity index (χ4n) is 3.19. The molecule has 0 aliphatic heterocycles. The van der Waals surface area contributed by atoms with Crippen molar-refractivity contribution in [3.63, 3.8) is 0 Å². The van der Waals surface area contributed by atoms with Crippen molar-refractivity contribution in [1.29, 1.82) is 0 Å². The molecule has 0 unspecified atom stereocenters. The van der Waals surface area contributed by atoms with Gasteiger partial charge in [-0.3, -0.25) is 4.79 Å². The van der Waals surface area contributed by atoms with Crippen LogP contribution in [0.1, 0.15) is 12.5 Å². The van der Waals surface area contributed by atoms with Crippen molar-refractivity contribution in [1.82, 2.24) is 10.1 Å². The number of rotatable bonds is 8. The molecule has 0 saturated heterocycles. The molecule has 1 N–H and O–H groups in total. The topological polar surface area (TPSA) is 86.5 Å². The molecule has 1 amide bonds. The van der Waals surface area contributed by atoms with Crippen molar-refractivity contribution < 1.29 is 18.8 Å². The molecular weight excluding hydrogens is 406 g/mol. The highest BCUT2D eigenvalue weighted by Gasteiger charge is 2.12. The number of nitrogens with one attached hydrogen (secondary N) is 1. The number of methoxy groups -OCH3 is 1. The molecular formula is C25H23N3O4. The molecule has 0 fully saturated rings. The van der Waals surface area contributed by atoms with E-state index in [4.69, 9.17) is 14.0 Å². The summed E-state index contributed by atoms with van der Waals surface area (Å²) in [6, 6.07) is 22.2. The van der Waals surface area contributed by atoms with Crippen molar-refractivity contribution in [2.24, 2.45) is 0 Å². The Kier molecular flexibility index (Phi) is 6.46. The molecule has 1 heterocycles. The molecule has 7 nitrogen and oxygen atoms in total. The normalized spacial score (nSPS) is 10.6. The fraction of sp³-hybridized carbons (Fsp3) is 0.160. The zero-order valence-electron chi connectivity index (χ0n) is 17.9. The van der Waals surface area contributed by atoms with Gasteiger partial charge in [0.2, 0.25) is 11.7 Å². The Balaban J connectivity index is 1.44.